The molecule has 16 heavy (non-hydrogen) atoms. The quantitative estimate of drug-likeness (QED) is 0.291. The third kappa shape index (κ3) is 2.99. The van der Waals surface area contributed by atoms with Crippen molar-refractivity contribution < 1.29 is 33.5 Å². The van der Waals surface area contributed by atoms with Crippen molar-refractivity contribution in [2.45, 2.75) is 0 Å². The third-order valence-corrected chi connectivity index (χ3v) is 3.35. The number of aromatic amines is 1. The van der Waals surface area contributed by atoms with Gasteiger partial charge in [0, 0.05) is 40.9 Å². The van der Waals surface area contributed by atoms with Crippen LogP contribution in [-0.2, 0) is 0 Å². The number of allylic oxidation sites excluding steroid dienone is 1. The lowest BCUT2D eigenvalue weighted by Crippen LogP contribution is -3.00. The normalized spacial score (nSPS) is 14.2. The van der Waals surface area contributed by atoms with Crippen LogP contribution in [0.15, 0.2) is 39.3 Å². The third-order valence-electron chi connectivity index (χ3n) is 2.05. The molecular formula is C11H10I2N3+. The van der Waals surface area contributed by atoms with Crippen LogP contribution in [0.3, 0.4) is 0 Å². The number of nitrogens with one attached hydrogen (secondary N) is 1. The Kier molecular flexibility index (Phi) is 5.30. The van der Waals surface area contributed by atoms with E-state index in [2.05, 4.69) is 38.4 Å². The zero-order valence-corrected chi connectivity index (χ0v) is 12.9. The first kappa shape index (κ1) is 13.5. The van der Waals surface area contributed by atoms with Crippen LogP contribution in [0, 0.1) is 0 Å². The largest absolute Gasteiger partial charge is 1.00 e. The van der Waals surface area contributed by atoms with Crippen molar-refractivity contribution in [1.29, 1.82) is 0 Å². The molecule has 5 heteroatoms. The SMILES string of the molecule is C[N+]1=C=CN=CC(c2cccc[nH+]2)=C1I.[I-]. The number of hydrogen-bond donors (Lipinski definition) is 0. The van der Waals surface area contributed by atoms with Crippen molar-refractivity contribution in [3.05, 3.63) is 40.0 Å². The molecule has 1 aromatic rings. The topological polar surface area (TPSA) is 29.5 Å². The summed E-state index contributed by atoms with van der Waals surface area (Å²) in [6.45, 7) is 0. The molecule has 0 spiro atoms. The molecule has 0 aromatic carbocycles. The maximum atomic E-state index is 4.14. The van der Waals surface area contributed by atoms with Crippen molar-refractivity contribution in [1.82, 2.24) is 0 Å². The minimum absolute atomic E-state index is 0. The number of halogens is 2. The van der Waals surface area contributed by atoms with Crippen LogP contribution in [0.1, 0.15) is 5.69 Å². The number of aliphatic imine (C=N–C) groups is 1. The van der Waals surface area contributed by atoms with Crippen molar-refractivity contribution in [2.75, 3.05) is 7.05 Å². The molecule has 0 saturated heterocycles. The van der Waals surface area contributed by atoms with Gasteiger partial charge in [-0.25, -0.2) is 9.98 Å². The Balaban J connectivity index is 0.00000128. The number of H-pyrrole nitrogens is 1. The molecule has 0 radical (unpaired) electrons. The first-order chi connectivity index (χ1) is 7.29. The molecule has 0 fully saturated rings. The Bertz CT molecular complexity index is 497. The molecule has 0 saturated carbocycles. The second-order valence-corrected chi connectivity index (χ2v) is 4.10. The predicted octanol–water partition coefficient (Wildman–Crippen LogP) is -1.48. The van der Waals surface area contributed by atoms with Crippen LogP contribution < -0.4 is 29.0 Å². The second kappa shape index (κ2) is 6.27. The van der Waals surface area contributed by atoms with Crippen LogP contribution in [0.5, 0.6) is 0 Å². The molecule has 82 valence electrons. The summed E-state index contributed by atoms with van der Waals surface area (Å²) in [5.74, 6) is 3.03. The lowest BCUT2D eigenvalue weighted by molar-refractivity contribution is -0.418. The summed E-state index contributed by atoms with van der Waals surface area (Å²) >= 11 is 2.28. The van der Waals surface area contributed by atoms with Gasteiger partial charge < -0.3 is 24.0 Å². The van der Waals surface area contributed by atoms with E-state index in [1.54, 1.807) is 6.20 Å². The first-order valence-corrected chi connectivity index (χ1v) is 5.58. The maximum absolute atomic E-state index is 4.14. The van der Waals surface area contributed by atoms with Crippen molar-refractivity contribution in [3.8, 4) is 0 Å². The Hall–Kier alpha value is -0.530. The summed E-state index contributed by atoms with van der Waals surface area (Å²) in [6, 6.07) is 5.98. The van der Waals surface area contributed by atoms with Crippen molar-refractivity contribution in [2.24, 2.45) is 4.99 Å². The molecule has 0 aliphatic carbocycles. The average molecular weight is 438 g/mol. The second-order valence-electron chi connectivity index (χ2n) is 3.08. The van der Waals surface area contributed by atoms with Crippen LogP contribution in [0.2, 0.25) is 0 Å². The monoisotopic (exact) mass is 438 g/mol. The highest BCUT2D eigenvalue weighted by Crippen LogP contribution is 2.19. The first-order valence-electron chi connectivity index (χ1n) is 4.50. The predicted molar refractivity (Wildman–Crippen MR) is 68.2 cm³/mol. The maximum Gasteiger partial charge on any atom is 0.265 e. The fourth-order valence-corrected chi connectivity index (χ4v) is 1.83. The van der Waals surface area contributed by atoms with E-state index in [0.717, 1.165) is 15.0 Å². The van der Waals surface area contributed by atoms with Gasteiger partial charge in [0.1, 0.15) is 18.8 Å². The fraction of sp³-hybridized carbons (Fsp3) is 0.0909. The summed E-state index contributed by atoms with van der Waals surface area (Å²) in [6.07, 6.45) is 5.40. The molecular weight excluding hydrogens is 428 g/mol. The number of nitrogens with zero attached hydrogens (tertiary/aromatic N) is 2. The highest BCUT2D eigenvalue weighted by Gasteiger charge is 2.18. The number of pyridine rings is 1. The van der Waals surface area contributed by atoms with Gasteiger partial charge in [-0.3, -0.25) is 0 Å². The van der Waals surface area contributed by atoms with Gasteiger partial charge in [-0.1, -0.05) is 0 Å². The van der Waals surface area contributed by atoms with E-state index in [-0.39, 0.29) is 24.0 Å². The van der Waals surface area contributed by atoms with E-state index in [1.807, 2.05) is 42.2 Å². The zero-order valence-electron chi connectivity index (χ0n) is 8.61. The van der Waals surface area contributed by atoms with Gasteiger partial charge in [-0.15, -0.1) is 4.58 Å². The van der Waals surface area contributed by atoms with Gasteiger partial charge in [0.15, 0.2) is 12.1 Å². The molecule has 2 rings (SSSR count). The van der Waals surface area contributed by atoms with E-state index < -0.39 is 0 Å². The van der Waals surface area contributed by atoms with Crippen LogP contribution >= 0.6 is 22.6 Å². The van der Waals surface area contributed by atoms with E-state index in [1.165, 1.54) is 0 Å². The van der Waals surface area contributed by atoms with E-state index in [0.29, 0.717) is 0 Å². The zero-order chi connectivity index (χ0) is 10.7. The highest BCUT2D eigenvalue weighted by molar-refractivity contribution is 14.1. The van der Waals surface area contributed by atoms with Crippen molar-refractivity contribution in [3.63, 3.8) is 0 Å². The minimum atomic E-state index is 0. The van der Waals surface area contributed by atoms with Gasteiger partial charge in [0.2, 0.25) is 5.69 Å². The van der Waals surface area contributed by atoms with Crippen LogP contribution in [0.25, 0.3) is 5.57 Å². The molecule has 1 aromatic heterocycles. The Morgan fingerprint density at radius 2 is 2.25 bits per heavy atom. The van der Waals surface area contributed by atoms with Crippen LogP contribution in [0.4, 0.5) is 0 Å². The van der Waals surface area contributed by atoms with Gasteiger partial charge in [0.05, 0.1) is 0 Å². The fourth-order valence-electron chi connectivity index (χ4n) is 1.26. The molecule has 1 aliphatic rings. The van der Waals surface area contributed by atoms with Gasteiger partial charge in [0.25, 0.3) is 3.70 Å². The molecule has 0 atom stereocenters. The molecule has 0 amide bonds. The summed E-state index contributed by atoms with van der Waals surface area (Å²) in [5.41, 5.74) is 2.12. The van der Waals surface area contributed by atoms with Gasteiger partial charge in [-0.05, 0) is 6.07 Å². The molecule has 3 nitrogen and oxygen atoms in total. The highest BCUT2D eigenvalue weighted by atomic mass is 127. The van der Waals surface area contributed by atoms with Gasteiger partial charge in [-0.2, -0.15) is 0 Å². The standard InChI is InChI=1S/C11H9IN3.HI/c1-15-7-6-13-8-9(11(15)12)10-4-2-3-5-14-10;/h2-6,8H,1H3;1H/q+1;. The lowest BCUT2D eigenvalue weighted by Gasteiger charge is -1.94. The Morgan fingerprint density at radius 1 is 1.44 bits per heavy atom. The number of aromatic nitrogens is 1. The smallest absolute Gasteiger partial charge is 0.265 e. The lowest BCUT2D eigenvalue weighted by atomic mass is 10.2. The van der Waals surface area contributed by atoms with E-state index in [9.17, 15) is 0 Å². The van der Waals surface area contributed by atoms with Crippen LogP contribution in [-0.4, -0.2) is 23.7 Å². The molecule has 2 heterocycles. The molecule has 0 unspecified atom stereocenters. The van der Waals surface area contributed by atoms with Crippen molar-refractivity contribution >= 4 is 40.2 Å². The number of hydrogen-bond acceptors (Lipinski definition) is 1. The average Bonchev–Trinajstić information content (AvgIpc) is 2.44. The summed E-state index contributed by atoms with van der Waals surface area (Å²) in [5, 5.41) is 0. The Labute approximate surface area is 125 Å². The molecule has 1 aliphatic heterocycles. The summed E-state index contributed by atoms with van der Waals surface area (Å²) in [4.78, 5) is 7.34. The van der Waals surface area contributed by atoms with E-state index in [4.69, 9.17) is 0 Å². The summed E-state index contributed by atoms with van der Waals surface area (Å²) in [7, 11) is 1.95. The Morgan fingerprint density at radius 3 is 2.94 bits per heavy atom. The minimum Gasteiger partial charge on any atom is -1.00 e. The van der Waals surface area contributed by atoms with Gasteiger partial charge >= 0.3 is 0 Å². The summed E-state index contributed by atoms with van der Waals surface area (Å²) < 4.78 is 3.01. The molecule has 1 N–H and O–H groups in total. The number of rotatable bonds is 1. The van der Waals surface area contributed by atoms with E-state index >= 15 is 0 Å². The molecule has 0 bridgehead atoms.